The third kappa shape index (κ3) is 2.13. The van der Waals surface area contributed by atoms with Crippen LogP contribution in [-0.4, -0.2) is 40.1 Å². The fourth-order valence-corrected chi connectivity index (χ4v) is 2.70. The number of nitrogens with zero attached hydrogens (tertiary/aromatic N) is 4. The van der Waals surface area contributed by atoms with E-state index in [1.165, 1.54) is 25.2 Å². The Kier molecular flexibility index (Phi) is 2.83. The zero-order valence-electron chi connectivity index (χ0n) is 9.95. The number of fused-ring (bicyclic) bond motifs is 2. The maximum absolute atomic E-state index is 10.5. The lowest BCUT2D eigenvalue weighted by Gasteiger charge is -2.23. The van der Waals surface area contributed by atoms with Crippen LogP contribution in [0, 0.1) is 10.1 Å². The molecule has 2 bridgehead atoms. The summed E-state index contributed by atoms with van der Waals surface area (Å²) in [5, 5.41) is 14.1. The van der Waals surface area contributed by atoms with Crippen molar-refractivity contribution in [3.8, 4) is 0 Å². The molecular formula is C11H15N5O2. The zero-order chi connectivity index (χ0) is 12.5. The van der Waals surface area contributed by atoms with E-state index in [-0.39, 0.29) is 5.69 Å². The Morgan fingerprint density at radius 1 is 1.28 bits per heavy atom. The summed E-state index contributed by atoms with van der Waals surface area (Å²) in [6, 6.07) is 1.11. The van der Waals surface area contributed by atoms with Crippen LogP contribution in [0.2, 0.25) is 0 Å². The van der Waals surface area contributed by atoms with Gasteiger partial charge in [0, 0.05) is 25.2 Å². The van der Waals surface area contributed by atoms with Crippen LogP contribution in [0.25, 0.3) is 0 Å². The molecule has 0 radical (unpaired) electrons. The van der Waals surface area contributed by atoms with E-state index in [0.29, 0.717) is 18.0 Å². The Balaban J connectivity index is 1.75. The number of nitrogens with one attached hydrogen (secondary N) is 1. The summed E-state index contributed by atoms with van der Waals surface area (Å²) in [6.45, 7) is 1.79. The summed E-state index contributed by atoms with van der Waals surface area (Å²) in [4.78, 5) is 20.4. The Labute approximate surface area is 104 Å². The maximum atomic E-state index is 10.5. The number of rotatable bonds is 2. The fraction of sp³-hybridized carbons (Fsp3) is 0.636. The fourth-order valence-electron chi connectivity index (χ4n) is 2.70. The molecule has 2 fully saturated rings. The largest absolute Gasteiger partial charge is 0.339 e. The van der Waals surface area contributed by atoms with Crippen LogP contribution in [0.3, 0.4) is 0 Å². The molecule has 3 heterocycles. The van der Waals surface area contributed by atoms with E-state index in [9.17, 15) is 10.1 Å². The number of hydrogen-bond donors (Lipinski definition) is 1. The van der Waals surface area contributed by atoms with Crippen molar-refractivity contribution < 1.29 is 4.92 Å². The van der Waals surface area contributed by atoms with E-state index in [2.05, 4.69) is 20.2 Å². The van der Waals surface area contributed by atoms with Gasteiger partial charge >= 0.3 is 5.69 Å². The molecule has 1 N–H and O–H groups in total. The lowest BCUT2D eigenvalue weighted by Crippen LogP contribution is -2.36. The first-order chi connectivity index (χ1) is 8.72. The van der Waals surface area contributed by atoms with Crippen LogP contribution in [0.1, 0.15) is 19.3 Å². The van der Waals surface area contributed by atoms with E-state index in [1.54, 1.807) is 0 Å². The minimum Gasteiger partial charge on any atom is -0.339 e. The maximum Gasteiger partial charge on any atom is 0.305 e. The molecule has 3 rings (SSSR count). The molecule has 2 aliphatic rings. The Morgan fingerprint density at radius 3 is 2.72 bits per heavy atom. The second kappa shape index (κ2) is 4.49. The lowest BCUT2D eigenvalue weighted by atomic mass is 10.1. The average Bonchev–Trinajstić information content (AvgIpc) is 2.69. The van der Waals surface area contributed by atoms with Gasteiger partial charge in [-0.2, -0.15) is 0 Å². The van der Waals surface area contributed by atoms with Gasteiger partial charge in [0.1, 0.15) is 12.4 Å². The first-order valence-corrected chi connectivity index (χ1v) is 6.20. The van der Waals surface area contributed by atoms with Gasteiger partial charge in [-0.1, -0.05) is 0 Å². The van der Waals surface area contributed by atoms with E-state index in [4.69, 9.17) is 0 Å². The molecule has 96 valence electrons. The van der Waals surface area contributed by atoms with Gasteiger partial charge in [-0.25, -0.2) is 9.97 Å². The lowest BCUT2D eigenvalue weighted by molar-refractivity contribution is -0.385. The molecule has 18 heavy (non-hydrogen) atoms. The van der Waals surface area contributed by atoms with Crippen molar-refractivity contribution in [2.75, 3.05) is 18.0 Å². The highest BCUT2D eigenvalue weighted by Gasteiger charge is 2.30. The van der Waals surface area contributed by atoms with Crippen molar-refractivity contribution in [3.05, 3.63) is 22.5 Å². The minimum absolute atomic E-state index is 0.0618. The van der Waals surface area contributed by atoms with Crippen molar-refractivity contribution in [2.45, 2.75) is 31.3 Å². The molecule has 7 nitrogen and oxygen atoms in total. The van der Waals surface area contributed by atoms with E-state index < -0.39 is 4.92 Å². The second-order valence-corrected chi connectivity index (χ2v) is 4.87. The smallest absolute Gasteiger partial charge is 0.305 e. The molecule has 0 aromatic carbocycles. The van der Waals surface area contributed by atoms with Gasteiger partial charge in [0.25, 0.3) is 0 Å². The van der Waals surface area contributed by atoms with Crippen molar-refractivity contribution in [1.82, 2.24) is 15.3 Å². The molecule has 2 unspecified atom stereocenters. The Morgan fingerprint density at radius 2 is 2.00 bits per heavy atom. The predicted molar refractivity (Wildman–Crippen MR) is 65.5 cm³/mol. The number of hydrogen-bond acceptors (Lipinski definition) is 6. The van der Waals surface area contributed by atoms with Crippen LogP contribution in [0.4, 0.5) is 11.6 Å². The summed E-state index contributed by atoms with van der Waals surface area (Å²) in [5.41, 5.74) is -0.0618. The zero-order valence-corrected chi connectivity index (χ0v) is 9.95. The highest BCUT2D eigenvalue weighted by atomic mass is 16.6. The first kappa shape index (κ1) is 11.3. The quantitative estimate of drug-likeness (QED) is 0.614. The van der Waals surface area contributed by atoms with Crippen molar-refractivity contribution >= 4 is 11.6 Å². The van der Waals surface area contributed by atoms with Crippen molar-refractivity contribution in [1.29, 1.82) is 0 Å². The molecule has 0 spiro atoms. The second-order valence-electron chi connectivity index (χ2n) is 4.87. The monoisotopic (exact) mass is 249 g/mol. The van der Waals surface area contributed by atoms with Crippen molar-refractivity contribution in [2.24, 2.45) is 0 Å². The van der Waals surface area contributed by atoms with E-state index >= 15 is 0 Å². The standard InChI is InChI=1S/C11H15N5O2/c17-16(18)10-5-12-11(13-6-10)15-4-3-8-1-2-9(7-15)14-8/h5-6,8-9,14H,1-4,7H2. The molecule has 1 aromatic rings. The summed E-state index contributed by atoms with van der Waals surface area (Å²) >= 11 is 0. The van der Waals surface area contributed by atoms with Gasteiger partial charge in [-0.05, 0) is 19.3 Å². The SMILES string of the molecule is O=[N+]([O-])c1cnc(N2CCC3CCC(C2)N3)nc1. The van der Waals surface area contributed by atoms with Crippen LogP contribution in [0.5, 0.6) is 0 Å². The molecule has 1 aromatic heterocycles. The van der Waals surface area contributed by atoms with Crippen LogP contribution in [0.15, 0.2) is 12.4 Å². The summed E-state index contributed by atoms with van der Waals surface area (Å²) in [6.07, 6.45) is 6.07. The molecule has 2 aliphatic heterocycles. The summed E-state index contributed by atoms with van der Waals surface area (Å²) in [5.74, 6) is 0.593. The van der Waals surface area contributed by atoms with Gasteiger partial charge in [-0.3, -0.25) is 10.1 Å². The van der Waals surface area contributed by atoms with E-state index in [1.807, 2.05) is 0 Å². The predicted octanol–water partition coefficient (Wildman–Crippen LogP) is 0.715. The Bertz CT molecular complexity index is 449. The molecule has 2 saturated heterocycles. The molecule has 7 heteroatoms. The van der Waals surface area contributed by atoms with Gasteiger partial charge in [-0.15, -0.1) is 0 Å². The molecule has 0 aliphatic carbocycles. The van der Waals surface area contributed by atoms with Gasteiger partial charge < -0.3 is 10.2 Å². The normalized spacial score (nSPS) is 27.0. The molecular weight excluding hydrogens is 234 g/mol. The number of nitro groups is 1. The van der Waals surface area contributed by atoms with Gasteiger partial charge in [0.15, 0.2) is 0 Å². The van der Waals surface area contributed by atoms with Gasteiger partial charge in [0.2, 0.25) is 5.95 Å². The van der Waals surface area contributed by atoms with Crippen LogP contribution in [-0.2, 0) is 0 Å². The summed E-state index contributed by atoms with van der Waals surface area (Å²) in [7, 11) is 0. The van der Waals surface area contributed by atoms with E-state index in [0.717, 1.165) is 19.5 Å². The number of anilines is 1. The van der Waals surface area contributed by atoms with Crippen molar-refractivity contribution in [3.63, 3.8) is 0 Å². The highest BCUT2D eigenvalue weighted by Crippen LogP contribution is 2.22. The molecule has 0 saturated carbocycles. The summed E-state index contributed by atoms with van der Waals surface area (Å²) < 4.78 is 0. The first-order valence-electron chi connectivity index (χ1n) is 6.20. The number of aromatic nitrogens is 2. The third-order valence-corrected chi connectivity index (χ3v) is 3.64. The average molecular weight is 249 g/mol. The Hall–Kier alpha value is -1.76. The van der Waals surface area contributed by atoms with Crippen LogP contribution < -0.4 is 10.2 Å². The topological polar surface area (TPSA) is 84.2 Å². The van der Waals surface area contributed by atoms with Crippen LogP contribution >= 0.6 is 0 Å². The minimum atomic E-state index is -0.476. The highest BCUT2D eigenvalue weighted by molar-refractivity contribution is 5.34. The third-order valence-electron chi connectivity index (χ3n) is 3.64. The molecule has 0 amide bonds. The van der Waals surface area contributed by atoms with Gasteiger partial charge in [0.05, 0.1) is 4.92 Å². The molecule has 2 atom stereocenters.